The number of hydrogen-bond donors (Lipinski definition) is 1. The van der Waals surface area contributed by atoms with Crippen LogP contribution in [-0.2, 0) is 22.1 Å². The largest absolute Gasteiger partial charge is 0.435 e. The highest BCUT2D eigenvalue weighted by Gasteiger charge is 2.45. The molecule has 0 spiro atoms. The summed E-state index contributed by atoms with van der Waals surface area (Å²) in [6, 6.07) is 6.36. The Balaban J connectivity index is 2.14. The Hall–Kier alpha value is -2.90. The monoisotopic (exact) mass is 450 g/mol. The van der Waals surface area contributed by atoms with Crippen LogP contribution in [0.1, 0.15) is 47.6 Å². The zero-order valence-electron chi connectivity index (χ0n) is 18.3. The molecule has 0 atom stereocenters. The Morgan fingerprint density at radius 3 is 2.47 bits per heavy atom. The van der Waals surface area contributed by atoms with Crippen molar-refractivity contribution in [2.45, 2.75) is 38.9 Å². The number of rotatable bonds is 7. The van der Waals surface area contributed by atoms with Crippen molar-refractivity contribution in [1.82, 2.24) is 9.78 Å². The van der Waals surface area contributed by atoms with Crippen molar-refractivity contribution < 1.29 is 27.4 Å². The number of halogens is 3. The molecule has 0 aliphatic heterocycles. The van der Waals surface area contributed by atoms with Gasteiger partial charge < -0.3 is 14.8 Å². The predicted molar refractivity (Wildman–Crippen MR) is 111 cm³/mol. The number of benzene rings is 1. The lowest BCUT2D eigenvalue weighted by Crippen LogP contribution is -2.30. The fourth-order valence-electron chi connectivity index (χ4n) is 3.99. The van der Waals surface area contributed by atoms with Crippen LogP contribution < -0.4 is 5.32 Å². The third-order valence-electron chi connectivity index (χ3n) is 5.28. The lowest BCUT2D eigenvalue weighted by Gasteiger charge is -2.29. The van der Waals surface area contributed by atoms with E-state index in [0.29, 0.717) is 30.2 Å². The summed E-state index contributed by atoms with van der Waals surface area (Å²) in [5.41, 5.74) is -0.795. The molecular weight excluding hydrogens is 425 g/mol. The molecule has 3 rings (SSSR count). The lowest BCUT2D eigenvalue weighted by molar-refractivity contribution is -0.141. The van der Waals surface area contributed by atoms with Crippen molar-refractivity contribution in [3.8, 4) is 11.8 Å². The van der Waals surface area contributed by atoms with Gasteiger partial charge in [-0.15, -0.1) is 0 Å². The van der Waals surface area contributed by atoms with E-state index in [4.69, 9.17) is 9.47 Å². The Labute approximate surface area is 184 Å². The average molecular weight is 450 g/mol. The normalized spacial score (nSPS) is 15.5. The van der Waals surface area contributed by atoms with Crippen LogP contribution in [-0.4, -0.2) is 49.0 Å². The van der Waals surface area contributed by atoms with Crippen LogP contribution in [0.5, 0.6) is 0 Å². The number of carbonyl (C=O) groups is 1. The number of aromatic nitrogens is 2. The molecule has 1 aliphatic carbocycles. The van der Waals surface area contributed by atoms with Crippen LogP contribution >= 0.6 is 0 Å². The van der Waals surface area contributed by atoms with Crippen LogP contribution in [0.2, 0.25) is 0 Å². The van der Waals surface area contributed by atoms with E-state index in [-0.39, 0.29) is 30.1 Å². The minimum absolute atomic E-state index is 0.0185. The fourth-order valence-corrected chi connectivity index (χ4v) is 3.99. The topological polar surface area (TPSA) is 89.2 Å². The van der Waals surface area contributed by atoms with Crippen LogP contribution in [0, 0.1) is 16.7 Å². The van der Waals surface area contributed by atoms with Crippen molar-refractivity contribution in [2.75, 3.05) is 32.8 Å². The third-order valence-corrected chi connectivity index (χ3v) is 5.28. The summed E-state index contributed by atoms with van der Waals surface area (Å²) in [6.45, 7) is 4.26. The predicted octanol–water partition coefficient (Wildman–Crippen LogP) is 3.99. The maximum atomic E-state index is 13.7. The van der Waals surface area contributed by atoms with E-state index >= 15 is 0 Å². The number of nitrogens with one attached hydrogen (secondary N) is 1. The lowest BCUT2D eigenvalue weighted by atomic mass is 9.75. The molecule has 0 bridgehead atoms. The first-order valence-electron chi connectivity index (χ1n) is 10.0. The van der Waals surface area contributed by atoms with Gasteiger partial charge in [-0.25, -0.2) is 4.68 Å². The molecule has 0 saturated heterocycles. The van der Waals surface area contributed by atoms with Gasteiger partial charge in [0.05, 0.1) is 47.5 Å². The summed E-state index contributed by atoms with van der Waals surface area (Å²) in [7, 11) is 3.05. The summed E-state index contributed by atoms with van der Waals surface area (Å²) in [5, 5.41) is 16.4. The number of methoxy groups -OCH3 is 2. The summed E-state index contributed by atoms with van der Waals surface area (Å²) < 4.78 is 52.6. The van der Waals surface area contributed by atoms with E-state index in [0.717, 1.165) is 0 Å². The molecule has 1 aromatic heterocycles. The number of Topliss-reactive ketones (excluding diaryl/α,β-unsaturated/α-hetero) is 1. The van der Waals surface area contributed by atoms with Gasteiger partial charge in [0.2, 0.25) is 0 Å². The van der Waals surface area contributed by atoms with Crippen LogP contribution in [0.25, 0.3) is 5.69 Å². The van der Waals surface area contributed by atoms with Gasteiger partial charge in [0.25, 0.3) is 0 Å². The molecule has 7 nitrogen and oxygen atoms in total. The van der Waals surface area contributed by atoms with Gasteiger partial charge in [-0.05, 0) is 30.0 Å². The number of nitrogens with zero attached hydrogens (tertiary/aromatic N) is 3. The second-order valence-corrected chi connectivity index (χ2v) is 8.61. The van der Waals surface area contributed by atoms with Crippen LogP contribution in [0.15, 0.2) is 18.2 Å². The smallest absolute Gasteiger partial charge is 0.382 e. The molecule has 1 heterocycles. The first-order chi connectivity index (χ1) is 15.0. The summed E-state index contributed by atoms with van der Waals surface area (Å²) >= 11 is 0. The van der Waals surface area contributed by atoms with E-state index in [9.17, 15) is 23.2 Å². The van der Waals surface area contributed by atoms with Crippen molar-refractivity contribution in [3.63, 3.8) is 0 Å². The van der Waals surface area contributed by atoms with Crippen molar-refractivity contribution in [2.24, 2.45) is 5.41 Å². The zero-order chi connectivity index (χ0) is 23.7. The first kappa shape index (κ1) is 23.8. The molecule has 1 aliphatic rings. The van der Waals surface area contributed by atoms with Gasteiger partial charge >= 0.3 is 6.18 Å². The molecule has 0 fully saturated rings. The SMILES string of the molecule is COCC(COC)Nc1cc(-n2nc(C(F)(F)F)c3c2CC(C)(C)CC3=O)ccc1C#N. The number of fused-ring (bicyclic) bond motifs is 1. The number of ketones is 1. The van der Waals surface area contributed by atoms with Gasteiger partial charge in [-0.2, -0.15) is 23.5 Å². The molecule has 1 aromatic carbocycles. The van der Waals surface area contributed by atoms with Gasteiger partial charge in [0.15, 0.2) is 11.5 Å². The number of alkyl halides is 3. The van der Waals surface area contributed by atoms with Gasteiger partial charge in [-0.3, -0.25) is 4.79 Å². The molecule has 10 heteroatoms. The molecule has 32 heavy (non-hydrogen) atoms. The summed E-state index contributed by atoms with van der Waals surface area (Å²) in [4.78, 5) is 12.6. The zero-order valence-corrected chi connectivity index (χ0v) is 18.3. The minimum atomic E-state index is -4.76. The van der Waals surface area contributed by atoms with Crippen molar-refractivity contribution in [1.29, 1.82) is 5.26 Å². The van der Waals surface area contributed by atoms with Gasteiger partial charge in [-0.1, -0.05) is 13.8 Å². The van der Waals surface area contributed by atoms with Crippen molar-refractivity contribution in [3.05, 3.63) is 40.7 Å². The number of carbonyl (C=O) groups excluding carboxylic acids is 1. The highest BCUT2D eigenvalue weighted by atomic mass is 19.4. The summed E-state index contributed by atoms with van der Waals surface area (Å²) in [5.74, 6) is -0.568. The van der Waals surface area contributed by atoms with Crippen LogP contribution in [0.3, 0.4) is 0 Å². The van der Waals surface area contributed by atoms with E-state index in [2.05, 4.69) is 16.5 Å². The Morgan fingerprint density at radius 1 is 1.25 bits per heavy atom. The number of nitriles is 1. The molecule has 1 N–H and O–H groups in total. The fraction of sp³-hybridized carbons (Fsp3) is 0.500. The first-order valence-corrected chi connectivity index (χ1v) is 10.0. The third kappa shape index (κ3) is 4.79. The Kier molecular flexibility index (Phi) is 6.62. The van der Waals surface area contributed by atoms with Gasteiger partial charge in [0, 0.05) is 20.6 Å². The van der Waals surface area contributed by atoms with E-state index < -0.39 is 23.1 Å². The molecular formula is C22H25F3N4O3. The quantitative estimate of drug-likeness (QED) is 0.686. The maximum absolute atomic E-state index is 13.7. The molecule has 172 valence electrons. The standard InChI is InChI=1S/C22H25F3N4O3/c1-21(2)8-17-19(18(30)9-21)20(22(23,24)25)28-29(17)15-6-5-13(10-26)16(7-15)27-14(11-31-3)12-32-4/h5-7,14,27H,8-9,11-12H2,1-4H3. The Bertz CT molecular complexity index is 1050. The maximum Gasteiger partial charge on any atom is 0.435 e. The second-order valence-electron chi connectivity index (χ2n) is 8.61. The molecule has 0 saturated carbocycles. The minimum Gasteiger partial charge on any atom is -0.382 e. The van der Waals surface area contributed by atoms with Crippen LogP contribution in [0.4, 0.5) is 18.9 Å². The van der Waals surface area contributed by atoms with E-state index in [1.165, 1.54) is 31.0 Å². The Morgan fingerprint density at radius 2 is 1.91 bits per heavy atom. The van der Waals surface area contributed by atoms with E-state index in [1.54, 1.807) is 6.07 Å². The number of hydrogen-bond acceptors (Lipinski definition) is 6. The van der Waals surface area contributed by atoms with Gasteiger partial charge in [0.1, 0.15) is 6.07 Å². The highest BCUT2D eigenvalue weighted by molar-refractivity contribution is 6.00. The second kappa shape index (κ2) is 8.92. The molecule has 0 radical (unpaired) electrons. The van der Waals surface area contributed by atoms with Crippen molar-refractivity contribution >= 4 is 11.5 Å². The number of ether oxygens (including phenoxy) is 2. The number of anilines is 1. The highest BCUT2D eigenvalue weighted by Crippen LogP contribution is 2.42. The molecule has 2 aromatic rings. The molecule has 0 amide bonds. The average Bonchev–Trinajstić information content (AvgIpc) is 3.07. The van der Waals surface area contributed by atoms with E-state index in [1.807, 2.05) is 13.8 Å². The molecule has 0 unspecified atom stereocenters. The summed E-state index contributed by atoms with van der Waals surface area (Å²) in [6.07, 6.45) is -4.48.